The van der Waals surface area contributed by atoms with Crippen LogP contribution in [-0.4, -0.2) is 23.9 Å². The number of hydrogen-bond donors (Lipinski definition) is 1. The molecule has 0 amide bonds. The van der Waals surface area contributed by atoms with E-state index in [0.717, 1.165) is 23.7 Å². The zero-order chi connectivity index (χ0) is 10.7. The zero-order valence-electron chi connectivity index (χ0n) is 8.58. The van der Waals surface area contributed by atoms with Crippen LogP contribution < -0.4 is 0 Å². The van der Waals surface area contributed by atoms with E-state index in [9.17, 15) is 5.11 Å². The molecule has 2 rings (SSSR count). The molecule has 1 saturated heterocycles. The van der Waals surface area contributed by atoms with E-state index in [2.05, 4.69) is 28.1 Å². The van der Waals surface area contributed by atoms with Gasteiger partial charge < -0.3 is 9.84 Å². The van der Waals surface area contributed by atoms with Crippen molar-refractivity contribution in [2.45, 2.75) is 24.9 Å². The summed E-state index contributed by atoms with van der Waals surface area (Å²) in [5.74, 6) is 0. The van der Waals surface area contributed by atoms with Crippen molar-refractivity contribution in [3.05, 3.63) is 34.3 Å². The number of ether oxygens (including phenoxy) is 1. The molecule has 0 spiro atoms. The van der Waals surface area contributed by atoms with Crippen LogP contribution >= 0.6 is 15.9 Å². The second kappa shape index (κ2) is 4.64. The smallest absolute Gasteiger partial charge is 0.0731 e. The molecule has 0 radical (unpaired) electrons. The SMILES string of the molecule is OC1(Cc2ccc(Br)cc2)CCOCC1. The van der Waals surface area contributed by atoms with Crippen LogP contribution in [-0.2, 0) is 11.2 Å². The van der Waals surface area contributed by atoms with E-state index in [1.54, 1.807) is 0 Å². The predicted octanol–water partition coefficient (Wildman–Crippen LogP) is 2.53. The Hall–Kier alpha value is -0.380. The Morgan fingerprint density at radius 3 is 2.40 bits per heavy atom. The first-order valence-electron chi connectivity index (χ1n) is 5.23. The number of benzene rings is 1. The highest BCUT2D eigenvalue weighted by atomic mass is 79.9. The molecule has 2 nitrogen and oxygen atoms in total. The lowest BCUT2D eigenvalue weighted by Gasteiger charge is -2.32. The van der Waals surface area contributed by atoms with Gasteiger partial charge in [-0.2, -0.15) is 0 Å². The minimum atomic E-state index is -0.563. The summed E-state index contributed by atoms with van der Waals surface area (Å²) < 4.78 is 6.33. The number of rotatable bonds is 2. The van der Waals surface area contributed by atoms with Crippen LogP contribution in [0.15, 0.2) is 28.7 Å². The van der Waals surface area contributed by atoms with Crippen molar-refractivity contribution in [1.82, 2.24) is 0 Å². The van der Waals surface area contributed by atoms with E-state index in [-0.39, 0.29) is 0 Å². The topological polar surface area (TPSA) is 29.5 Å². The van der Waals surface area contributed by atoms with Gasteiger partial charge in [-0.25, -0.2) is 0 Å². The lowest BCUT2D eigenvalue weighted by atomic mass is 9.87. The molecule has 15 heavy (non-hydrogen) atoms. The highest BCUT2D eigenvalue weighted by Gasteiger charge is 2.29. The molecular weight excluding hydrogens is 256 g/mol. The molecule has 82 valence electrons. The standard InChI is InChI=1S/C12H15BrO2/c13-11-3-1-10(2-4-11)9-12(14)5-7-15-8-6-12/h1-4,14H,5-9H2. The van der Waals surface area contributed by atoms with E-state index in [4.69, 9.17) is 4.74 Å². The molecule has 0 atom stereocenters. The van der Waals surface area contributed by atoms with E-state index in [1.165, 1.54) is 5.56 Å². The van der Waals surface area contributed by atoms with Crippen molar-refractivity contribution in [3.8, 4) is 0 Å². The fourth-order valence-corrected chi connectivity index (χ4v) is 2.17. The van der Waals surface area contributed by atoms with Crippen molar-refractivity contribution in [2.75, 3.05) is 13.2 Å². The Morgan fingerprint density at radius 1 is 1.20 bits per heavy atom. The van der Waals surface area contributed by atoms with Gasteiger partial charge in [-0.3, -0.25) is 0 Å². The quantitative estimate of drug-likeness (QED) is 0.895. The molecule has 1 aromatic rings. The van der Waals surface area contributed by atoms with E-state index in [1.807, 2.05) is 12.1 Å². The van der Waals surface area contributed by atoms with Crippen LogP contribution in [0.25, 0.3) is 0 Å². The highest BCUT2D eigenvalue weighted by Crippen LogP contribution is 2.25. The molecular formula is C12H15BrO2. The van der Waals surface area contributed by atoms with Gasteiger partial charge in [0.2, 0.25) is 0 Å². The molecule has 0 aromatic heterocycles. The molecule has 1 heterocycles. The summed E-state index contributed by atoms with van der Waals surface area (Å²) in [4.78, 5) is 0. The van der Waals surface area contributed by atoms with Gasteiger partial charge in [0.25, 0.3) is 0 Å². The number of aliphatic hydroxyl groups is 1. The summed E-state index contributed by atoms with van der Waals surface area (Å²) in [5.41, 5.74) is 0.620. The number of halogens is 1. The van der Waals surface area contributed by atoms with E-state index < -0.39 is 5.60 Å². The summed E-state index contributed by atoms with van der Waals surface area (Å²) in [6.07, 6.45) is 2.20. The molecule has 1 fully saturated rings. The van der Waals surface area contributed by atoms with Crippen LogP contribution in [0.2, 0.25) is 0 Å². The summed E-state index contributed by atoms with van der Waals surface area (Å²) in [6.45, 7) is 1.35. The van der Waals surface area contributed by atoms with Crippen LogP contribution in [0.3, 0.4) is 0 Å². The van der Waals surface area contributed by atoms with Gasteiger partial charge >= 0.3 is 0 Å². The van der Waals surface area contributed by atoms with E-state index >= 15 is 0 Å². The van der Waals surface area contributed by atoms with Crippen molar-refractivity contribution >= 4 is 15.9 Å². The normalized spacial score (nSPS) is 20.1. The Kier molecular flexibility index (Phi) is 3.44. The third kappa shape index (κ3) is 3.03. The Bertz CT molecular complexity index is 315. The summed E-state index contributed by atoms with van der Waals surface area (Å²) in [6, 6.07) is 8.13. The van der Waals surface area contributed by atoms with Crippen LogP contribution in [0, 0.1) is 0 Å². The highest BCUT2D eigenvalue weighted by molar-refractivity contribution is 9.10. The Morgan fingerprint density at radius 2 is 1.80 bits per heavy atom. The second-order valence-electron chi connectivity index (χ2n) is 4.14. The first kappa shape index (κ1) is 11.1. The zero-order valence-corrected chi connectivity index (χ0v) is 10.2. The van der Waals surface area contributed by atoms with Gasteiger partial charge in [0.1, 0.15) is 0 Å². The van der Waals surface area contributed by atoms with Crippen LogP contribution in [0.4, 0.5) is 0 Å². The molecule has 0 saturated carbocycles. The van der Waals surface area contributed by atoms with E-state index in [0.29, 0.717) is 13.2 Å². The molecule has 0 aliphatic carbocycles. The largest absolute Gasteiger partial charge is 0.389 e. The summed E-state index contributed by atoms with van der Waals surface area (Å²) in [5, 5.41) is 10.3. The fourth-order valence-electron chi connectivity index (χ4n) is 1.91. The number of hydrogen-bond acceptors (Lipinski definition) is 2. The predicted molar refractivity (Wildman–Crippen MR) is 62.8 cm³/mol. The minimum absolute atomic E-state index is 0.563. The van der Waals surface area contributed by atoms with Crippen molar-refractivity contribution in [2.24, 2.45) is 0 Å². The Labute approximate surface area is 98.4 Å². The van der Waals surface area contributed by atoms with Gasteiger partial charge in [-0.1, -0.05) is 28.1 Å². The first-order valence-corrected chi connectivity index (χ1v) is 6.02. The lowest BCUT2D eigenvalue weighted by Crippen LogP contribution is -2.38. The maximum atomic E-state index is 10.3. The van der Waals surface area contributed by atoms with Gasteiger partial charge in [0.15, 0.2) is 0 Å². The van der Waals surface area contributed by atoms with Gasteiger partial charge in [-0.15, -0.1) is 0 Å². The first-order chi connectivity index (χ1) is 7.18. The maximum Gasteiger partial charge on any atom is 0.0731 e. The average molecular weight is 271 g/mol. The van der Waals surface area contributed by atoms with Gasteiger partial charge in [-0.05, 0) is 30.5 Å². The molecule has 1 aliphatic heterocycles. The minimum Gasteiger partial charge on any atom is -0.389 e. The molecule has 1 aliphatic rings. The molecule has 3 heteroatoms. The third-order valence-corrected chi connectivity index (χ3v) is 3.40. The maximum absolute atomic E-state index is 10.3. The average Bonchev–Trinajstić information content (AvgIpc) is 2.22. The monoisotopic (exact) mass is 270 g/mol. The Balaban J connectivity index is 2.03. The fraction of sp³-hybridized carbons (Fsp3) is 0.500. The molecule has 0 unspecified atom stereocenters. The lowest BCUT2D eigenvalue weighted by molar-refractivity contribution is -0.0625. The van der Waals surface area contributed by atoms with Crippen LogP contribution in [0.5, 0.6) is 0 Å². The molecule has 0 bridgehead atoms. The van der Waals surface area contributed by atoms with Crippen molar-refractivity contribution in [3.63, 3.8) is 0 Å². The third-order valence-electron chi connectivity index (χ3n) is 2.87. The van der Waals surface area contributed by atoms with Crippen LogP contribution in [0.1, 0.15) is 18.4 Å². The molecule has 1 aromatic carbocycles. The summed E-state index contributed by atoms with van der Waals surface area (Å²) >= 11 is 3.40. The molecule has 1 N–H and O–H groups in total. The summed E-state index contributed by atoms with van der Waals surface area (Å²) in [7, 11) is 0. The van der Waals surface area contributed by atoms with Crippen molar-refractivity contribution in [1.29, 1.82) is 0 Å². The van der Waals surface area contributed by atoms with Gasteiger partial charge in [0, 0.05) is 24.1 Å². The second-order valence-corrected chi connectivity index (χ2v) is 5.06. The van der Waals surface area contributed by atoms with Gasteiger partial charge in [0.05, 0.1) is 5.60 Å². The van der Waals surface area contributed by atoms with Crippen molar-refractivity contribution < 1.29 is 9.84 Å².